The Morgan fingerprint density at radius 2 is 1.25 bits per heavy atom. The summed E-state index contributed by atoms with van der Waals surface area (Å²) in [5, 5.41) is 0. The van der Waals surface area contributed by atoms with Crippen molar-refractivity contribution in [3.63, 3.8) is 0 Å². The van der Waals surface area contributed by atoms with E-state index >= 15 is 0 Å². The van der Waals surface area contributed by atoms with Crippen molar-refractivity contribution in [2.45, 2.75) is 13.8 Å². The minimum atomic E-state index is -0.532. The Labute approximate surface area is 187 Å². The summed E-state index contributed by atoms with van der Waals surface area (Å²) in [6, 6.07) is 7.83. The molecule has 0 fully saturated rings. The molecule has 0 amide bonds. The van der Waals surface area contributed by atoms with E-state index in [0.717, 1.165) is 0 Å². The number of rotatable bonds is 9. The van der Waals surface area contributed by atoms with Crippen molar-refractivity contribution in [3.05, 3.63) is 47.0 Å². The van der Waals surface area contributed by atoms with E-state index in [1.807, 2.05) is 0 Å². The standard InChI is InChI=1S/C12H14O5.C11H14O4/c1-4-17-12(14)9-5-8(7-13)10(15-2)6-11(9)16-3;1-4-15-11(12)9-6-5-8(13-2)7-10(9)14-3/h5-7H,4H2,1-3H3;5-7H,4H2,1-3H3. The van der Waals surface area contributed by atoms with Crippen molar-refractivity contribution < 1.29 is 42.8 Å². The lowest BCUT2D eigenvalue weighted by Gasteiger charge is -2.11. The average Bonchev–Trinajstić information content (AvgIpc) is 2.83. The molecule has 9 nitrogen and oxygen atoms in total. The van der Waals surface area contributed by atoms with E-state index in [0.29, 0.717) is 41.5 Å². The topological polar surface area (TPSA) is 107 Å². The van der Waals surface area contributed by atoms with E-state index in [-0.39, 0.29) is 17.7 Å². The highest BCUT2D eigenvalue weighted by Crippen LogP contribution is 2.28. The van der Waals surface area contributed by atoms with Crippen LogP contribution < -0.4 is 18.9 Å². The highest BCUT2D eigenvalue weighted by atomic mass is 16.5. The highest BCUT2D eigenvalue weighted by Gasteiger charge is 2.17. The van der Waals surface area contributed by atoms with Gasteiger partial charge in [-0.15, -0.1) is 0 Å². The minimum Gasteiger partial charge on any atom is -0.497 e. The molecule has 0 aromatic heterocycles. The van der Waals surface area contributed by atoms with E-state index in [2.05, 4.69) is 0 Å². The second-order valence-electron chi connectivity index (χ2n) is 5.92. The van der Waals surface area contributed by atoms with E-state index < -0.39 is 11.9 Å². The van der Waals surface area contributed by atoms with Crippen molar-refractivity contribution in [3.8, 4) is 23.0 Å². The van der Waals surface area contributed by atoms with Crippen LogP contribution in [0.3, 0.4) is 0 Å². The number of aldehydes is 1. The molecule has 0 bridgehead atoms. The lowest BCUT2D eigenvalue weighted by molar-refractivity contribution is 0.0512. The zero-order chi connectivity index (χ0) is 24.1. The number of methoxy groups -OCH3 is 4. The molecule has 0 aliphatic carbocycles. The number of hydrogen-bond acceptors (Lipinski definition) is 9. The highest BCUT2D eigenvalue weighted by molar-refractivity contribution is 5.96. The molecule has 0 N–H and O–H groups in total. The summed E-state index contributed by atoms with van der Waals surface area (Å²) in [4.78, 5) is 34.0. The number of esters is 2. The van der Waals surface area contributed by atoms with Crippen LogP contribution in [0.1, 0.15) is 44.9 Å². The Morgan fingerprint density at radius 3 is 1.72 bits per heavy atom. The smallest absolute Gasteiger partial charge is 0.341 e. The summed E-state index contributed by atoms with van der Waals surface area (Å²) in [6.45, 7) is 4.06. The largest absolute Gasteiger partial charge is 0.497 e. The van der Waals surface area contributed by atoms with Gasteiger partial charge in [-0.2, -0.15) is 0 Å². The van der Waals surface area contributed by atoms with Crippen molar-refractivity contribution >= 4 is 18.2 Å². The van der Waals surface area contributed by atoms with Gasteiger partial charge in [-0.25, -0.2) is 9.59 Å². The zero-order valence-corrected chi connectivity index (χ0v) is 19.1. The zero-order valence-electron chi connectivity index (χ0n) is 19.1. The van der Waals surface area contributed by atoms with Gasteiger partial charge in [-0.1, -0.05) is 0 Å². The fourth-order valence-electron chi connectivity index (χ4n) is 2.56. The first-order valence-electron chi connectivity index (χ1n) is 9.67. The summed E-state index contributed by atoms with van der Waals surface area (Å²) >= 11 is 0. The quantitative estimate of drug-likeness (QED) is 0.420. The molecular formula is C23H28O9. The fraction of sp³-hybridized carbons (Fsp3) is 0.348. The lowest BCUT2D eigenvalue weighted by Crippen LogP contribution is -2.08. The molecule has 0 radical (unpaired) electrons. The molecule has 174 valence electrons. The van der Waals surface area contributed by atoms with Crippen LogP contribution in [0.25, 0.3) is 0 Å². The summed E-state index contributed by atoms with van der Waals surface area (Å²) in [7, 11) is 5.92. The molecule has 2 aromatic rings. The van der Waals surface area contributed by atoms with Crippen molar-refractivity contribution in [2.75, 3.05) is 41.7 Å². The third-order valence-corrected chi connectivity index (χ3v) is 4.08. The molecule has 0 aliphatic heterocycles. The molecule has 0 saturated carbocycles. The number of ether oxygens (including phenoxy) is 6. The Hall–Kier alpha value is -3.75. The maximum atomic E-state index is 11.6. The molecule has 2 aromatic carbocycles. The van der Waals surface area contributed by atoms with Crippen molar-refractivity contribution in [1.82, 2.24) is 0 Å². The van der Waals surface area contributed by atoms with Crippen LogP contribution >= 0.6 is 0 Å². The first-order valence-corrected chi connectivity index (χ1v) is 9.67. The number of carbonyl (C=O) groups excluding carboxylic acids is 3. The van der Waals surface area contributed by atoms with Crippen LogP contribution in [-0.2, 0) is 9.47 Å². The van der Waals surface area contributed by atoms with Gasteiger partial charge >= 0.3 is 11.9 Å². The summed E-state index contributed by atoms with van der Waals surface area (Å²) < 4.78 is 29.9. The predicted molar refractivity (Wildman–Crippen MR) is 116 cm³/mol. The molecular weight excluding hydrogens is 420 g/mol. The minimum absolute atomic E-state index is 0.206. The summed E-state index contributed by atoms with van der Waals surface area (Å²) in [5.74, 6) is 0.829. The fourth-order valence-corrected chi connectivity index (χ4v) is 2.56. The van der Waals surface area contributed by atoms with Crippen molar-refractivity contribution in [2.24, 2.45) is 0 Å². The van der Waals surface area contributed by atoms with Gasteiger partial charge in [-0.3, -0.25) is 4.79 Å². The van der Waals surface area contributed by atoms with Gasteiger partial charge in [0.15, 0.2) is 6.29 Å². The van der Waals surface area contributed by atoms with Crippen molar-refractivity contribution in [1.29, 1.82) is 0 Å². The van der Waals surface area contributed by atoms with E-state index in [9.17, 15) is 14.4 Å². The van der Waals surface area contributed by atoms with Crippen LogP contribution in [-0.4, -0.2) is 59.9 Å². The molecule has 9 heteroatoms. The Morgan fingerprint density at radius 1 is 0.719 bits per heavy atom. The van der Waals surface area contributed by atoms with Crippen LogP contribution in [0.4, 0.5) is 0 Å². The van der Waals surface area contributed by atoms with Gasteiger partial charge in [0.1, 0.15) is 34.1 Å². The molecule has 32 heavy (non-hydrogen) atoms. The molecule has 0 aliphatic rings. The monoisotopic (exact) mass is 448 g/mol. The van der Waals surface area contributed by atoms with Crippen LogP contribution in [0.5, 0.6) is 23.0 Å². The Bertz CT molecular complexity index is 922. The Kier molecular flexibility index (Phi) is 11.1. The third kappa shape index (κ3) is 6.90. The first-order chi connectivity index (χ1) is 15.4. The average molecular weight is 448 g/mol. The van der Waals surface area contributed by atoms with Crippen LogP contribution in [0.15, 0.2) is 30.3 Å². The number of hydrogen-bond donors (Lipinski definition) is 0. The number of benzene rings is 2. The van der Waals surface area contributed by atoms with Gasteiger partial charge < -0.3 is 28.4 Å². The predicted octanol–water partition coefficient (Wildman–Crippen LogP) is 3.57. The van der Waals surface area contributed by atoms with E-state index in [1.54, 1.807) is 39.2 Å². The van der Waals surface area contributed by atoms with Gasteiger partial charge in [-0.05, 0) is 32.0 Å². The SMILES string of the molecule is CCOC(=O)c1cc(C=O)c(OC)cc1OC.CCOC(=O)c1ccc(OC)cc1OC. The summed E-state index contributed by atoms with van der Waals surface area (Å²) in [5.41, 5.74) is 0.883. The van der Waals surface area contributed by atoms with Gasteiger partial charge in [0.2, 0.25) is 0 Å². The molecule has 2 rings (SSSR count). The first kappa shape index (κ1) is 26.3. The molecule has 0 unspecified atom stereocenters. The second kappa shape index (κ2) is 13.5. The molecule has 0 heterocycles. The second-order valence-corrected chi connectivity index (χ2v) is 5.92. The molecule has 0 atom stereocenters. The van der Waals surface area contributed by atoms with E-state index in [1.165, 1.54) is 33.5 Å². The molecule has 0 spiro atoms. The maximum Gasteiger partial charge on any atom is 0.341 e. The van der Waals surface area contributed by atoms with Crippen LogP contribution in [0, 0.1) is 0 Å². The van der Waals surface area contributed by atoms with Gasteiger partial charge in [0.05, 0.1) is 47.2 Å². The van der Waals surface area contributed by atoms with Crippen LogP contribution in [0.2, 0.25) is 0 Å². The number of carbonyl (C=O) groups is 3. The Balaban J connectivity index is 0.000000323. The summed E-state index contributed by atoms with van der Waals surface area (Å²) in [6.07, 6.45) is 0.612. The normalized spacial score (nSPS) is 9.56. The molecule has 0 saturated heterocycles. The third-order valence-electron chi connectivity index (χ3n) is 4.08. The lowest BCUT2D eigenvalue weighted by atomic mass is 10.1. The maximum absolute atomic E-state index is 11.6. The van der Waals surface area contributed by atoms with Gasteiger partial charge in [0.25, 0.3) is 0 Å². The van der Waals surface area contributed by atoms with E-state index in [4.69, 9.17) is 28.4 Å². The van der Waals surface area contributed by atoms with Gasteiger partial charge in [0, 0.05) is 12.1 Å².